The van der Waals surface area contributed by atoms with E-state index in [1.165, 1.54) is 0 Å². The Morgan fingerprint density at radius 3 is 2.56 bits per heavy atom. The summed E-state index contributed by atoms with van der Waals surface area (Å²) in [6.07, 6.45) is 1.49. The predicted molar refractivity (Wildman–Crippen MR) is 101 cm³/mol. The molecule has 2 aromatic carbocycles. The van der Waals surface area contributed by atoms with Crippen molar-refractivity contribution in [2.75, 3.05) is 26.4 Å². The Hall–Kier alpha value is -2.30. The highest BCUT2D eigenvalue weighted by molar-refractivity contribution is 5.34. The topological polar surface area (TPSA) is 39.7 Å². The smallest absolute Gasteiger partial charge is 0.147 e. The lowest BCUT2D eigenvalue weighted by atomic mass is 10.1. The minimum atomic E-state index is -0.173. The SMILES string of the molecule is C=CNCCOC[C@@H](Oc1ccccc1COCC)c1ccccc1. The van der Waals surface area contributed by atoms with E-state index >= 15 is 0 Å². The van der Waals surface area contributed by atoms with Crippen molar-refractivity contribution in [1.29, 1.82) is 0 Å². The van der Waals surface area contributed by atoms with Gasteiger partial charge in [0, 0.05) is 18.7 Å². The first kappa shape index (κ1) is 19.0. The van der Waals surface area contributed by atoms with Gasteiger partial charge >= 0.3 is 0 Å². The zero-order valence-electron chi connectivity index (χ0n) is 14.8. The van der Waals surface area contributed by atoms with Crippen LogP contribution in [0.15, 0.2) is 67.4 Å². The second-order valence-corrected chi connectivity index (χ2v) is 5.50. The molecule has 4 heteroatoms. The third kappa shape index (κ3) is 6.61. The second-order valence-electron chi connectivity index (χ2n) is 5.50. The first-order valence-corrected chi connectivity index (χ1v) is 8.64. The predicted octanol–water partition coefficient (Wildman–Crippen LogP) is 4.09. The largest absolute Gasteiger partial charge is 0.483 e. The molecule has 0 amide bonds. The first-order valence-electron chi connectivity index (χ1n) is 8.64. The van der Waals surface area contributed by atoms with Gasteiger partial charge in [0.15, 0.2) is 0 Å². The molecule has 0 spiro atoms. The van der Waals surface area contributed by atoms with Gasteiger partial charge in [0.1, 0.15) is 11.9 Å². The van der Waals surface area contributed by atoms with Gasteiger partial charge in [-0.2, -0.15) is 0 Å². The van der Waals surface area contributed by atoms with Gasteiger partial charge in [0.2, 0.25) is 0 Å². The molecule has 0 saturated carbocycles. The molecule has 4 nitrogen and oxygen atoms in total. The average molecular weight is 341 g/mol. The first-order chi connectivity index (χ1) is 12.3. The van der Waals surface area contributed by atoms with Crippen LogP contribution in [0, 0.1) is 0 Å². The van der Waals surface area contributed by atoms with E-state index in [4.69, 9.17) is 14.2 Å². The number of nitrogens with one attached hydrogen (secondary N) is 1. The Morgan fingerprint density at radius 2 is 1.80 bits per heavy atom. The van der Waals surface area contributed by atoms with Crippen molar-refractivity contribution < 1.29 is 14.2 Å². The summed E-state index contributed by atoms with van der Waals surface area (Å²) in [5, 5.41) is 3.03. The fraction of sp³-hybridized carbons (Fsp3) is 0.333. The van der Waals surface area contributed by atoms with E-state index in [-0.39, 0.29) is 6.10 Å². The van der Waals surface area contributed by atoms with E-state index < -0.39 is 0 Å². The molecule has 1 atom stereocenters. The molecule has 0 unspecified atom stereocenters. The molecule has 0 saturated heterocycles. The number of para-hydroxylation sites is 1. The lowest BCUT2D eigenvalue weighted by molar-refractivity contribution is 0.0495. The zero-order chi connectivity index (χ0) is 17.7. The molecule has 0 heterocycles. The number of rotatable bonds is 12. The Balaban J connectivity index is 2.06. The van der Waals surface area contributed by atoms with Gasteiger partial charge < -0.3 is 19.5 Å². The summed E-state index contributed by atoms with van der Waals surface area (Å²) < 4.78 is 17.6. The normalized spacial score (nSPS) is 11.7. The van der Waals surface area contributed by atoms with Crippen LogP contribution < -0.4 is 10.1 Å². The van der Waals surface area contributed by atoms with Crippen molar-refractivity contribution in [3.05, 3.63) is 78.5 Å². The van der Waals surface area contributed by atoms with Crippen LogP contribution in [-0.2, 0) is 16.1 Å². The molecule has 0 aliphatic heterocycles. The summed E-state index contributed by atoms with van der Waals surface area (Å²) in [6.45, 7) is 8.63. The zero-order valence-corrected chi connectivity index (χ0v) is 14.8. The molecule has 25 heavy (non-hydrogen) atoms. The Bertz CT molecular complexity index is 616. The highest BCUT2D eigenvalue weighted by Gasteiger charge is 2.15. The Kier molecular flexibility index (Phi) is 8.59. The van der Waals surface area contributed by atoms with Crippen molar-refractivity contribution in [3.8, 4) is 5.75 Å². The fourth-order valence-electron chi connectivity index (χ4n) is 2.39. The van der Waals surface area contributed by atoms with Crippen LogP contribution in [-0.4, -0.2) is 26.4 Å². The number of benzene rings is 2. The molecule has 0 aliphatic carbocycles. The molecular formula is C21H27NO3. The summed E-state index contributed by atoms with van der Waals surface area (Å²) in [7, 11) is 0. The van der Waals surface area contributed by atoms with Crippen molar-refractivity contribution >= 4 is 0 Å². The summed E-state index contributed by atoms with van der Waals surface area (Å²) >= 11 is 0. The van der Waals surface area contributed by atoms with E-state index in [1.54, 1.807) is 6.20 Å². The molecule has 0 fully saturated rings. The van der Waals surface area contributed by atoms with E-state index in [0.29, 0.717) is 26.4 Å². The third-order valence-corrected chi connectivity index (χ3v) is 3.68. The van der Waals surface area contributed by atoms with Crippen LogP contribution in [0.3, 0.4) is 0 Å². The maximum absolute atomic E-state index is 6.29. The number of hydrogen-bond donors (Lipinski definition) is 1. The molecular weight excluding hydrogens is 314 g/mol. The highest BCUT2D eigenvalue weighted by Crippen LogP contribution is 2.26. The molecule has 2 rings (SSSR count). The van der Waals surface area contributed by atoms with Crippen molar-refractivity contribution in [2.45, 2.75) is 19.6 Å². The second kappa shape index (κ2) is 11.3. The van der Waals surface area contributed by atoms with Crippen LogP contribution in [0.4, 0.5) is 0 Å². The van der Waals surface area contributed by atoms with Gasteiger partial charge in [0.05, 0.1) is 19.8 Å². The van der Waals surface area contributed by atoms with E-state index in [2.05, 4.69) is 24.0 Å². The molecule has 0 radical (unpaired) electrons. The van der Waals surface area contributed by atoms with Crippen LogP contribution in [0.1, 0.15) is 24.2 Å². The van der Waals surface area contributed by atoms with Crippen LogP contribution in [0.25, 0.3) is 0 Å². The molecule has 1 N–H and O–H groups in total. The van der Waals surface area contributed by atoms with Gasteiger partial charge in [-0.3, -0.25) is 0 Å². The van der Waals surface area contributed by atoms with Gasteiger partial charge in [-0.1, -0.05) is 55.1 Å². The van der Waals surface area contributed by atoms with Gasteiger partial charge in [-0.15, -0.1) is 0 Å². The van der Waals surface area contributed by atoms with Gasteiger partial charge in [0.25, 0.3) is 0 Å². The molecule has 2 aromatic rings. The van der Waals surface area contributed by atoms with E-state index in [9.17, 15) is 0 Å². The molecule has 134 valence electrons. The maximum atomic E-state index is 6.29. The maximum Gasteiger partial charge on any atom is 0.147 e. The van der Waals surface area contributed by atoms with Crippen molar-refractivity contribution in [2.24, 2.45) is 0 Å². The lowest BCUT2D eigenvalue weighted by Crippen LogP contribution is -2.19. The minimum Gasteiger partial charge on any atom is -0.483 e. The Labute approximate surface area is 150 Å². The fourth-order valence-corrected chi connectivity index (χ4v) is 2.39. The summed E-state index contributed by atoms with van der Waals surface area (Å²) in [6, 6.07) is 18.1. The monoisotopic (exact) mass is 341 g/mol. The number of ether oxygens (including phenoxy) is 3. The highest BCUT2D eigenvalue weighted by atomic mass is 16.5. The van der Waals surface area contributed by atoms with E-state index in [0.717, 1.165) is 23.4 Å². The average Bonchev–Trinajstić information content (AvgIpc) is 2.67. The molecule has 0 aromatic heterocycles. The van der Waals surface area contributed by atoms with Crippen LogP contribution in [0.5, 0.6) is 5.75 Å². The standard InChI is InChI=1S/C21H27NO3/c1-3-22-14-15-24-17-21(18-10-6-5-7-11-18)25-20-13-9-8-12-19(20)16-23-4-2/h3,5-13,21-22H,1,4,14-17H2,2H3/t21-/m1/s1. The van der Waals surface area contributed by atoms with Crippen LogP contribution >= 0.6 is 0 Å². The molecule has 0 bridgehead atoms. The minimum absolute atomic E-state index is 0.173. The summed E-state index contributed by atoms with van der Waals surface area (Å²) in [5.41, 5.74) is 2.13. The van der Waals surface area contributed by atoms with Gasteiger partial charge in [-0.05, 0) is 24.8 Å². The van der Waals surface area contributed by atoms with Crippen molar-refractivity contribution in [3.63, 3.8) is 0 Å². The van der Waals surface area contributed by atoms with E-state index in [1.807, 2.05) is 49.4 Å². The van der Waals surface area contributed by atoms with Crippen molar-refractivity contribution in [1.82, 2.24) is 5.32 Å². The molecule has 0 aliphatic rings. The number of hydrogen-bond acceptors (Lipinski definition) is 4. The Morgan fingerprint density at radius 1 is 1.04 bits per heavy atom. The van der Waals surface area contributed by atoms with Crippen LogP contribution in [0.2, 0.25) is 0 Å². The summed E-state index contributed by atoms with van der Waals surface area (Å²) in [4.78, 5) is 0. The summed E-state index contributed by atoms with van der Waals surface area (Å²) in [5.74, 6) is 0.831. The third-order valence-electron chi connectivity index (χ3n) is 3.68. The van der Waals surface area contributed by atoms with Gasteiger partial charge in [-0.25, -0.2) is 0 Å². The lowest BCUT2D eigenvalue weighted by Gasteiger charge is -2.21. The quantitative estimate of drug-likeness (QED) is 0.590.